The van der Waals surface area contributed by atoms with Crippen LogP contribution in [0.3, 0.4) is 0 Å². The lowest BCUT2D eigenvalue weighted by molar-refractivity contribution is -0.130. The van der Waals surface area contributed by atoms with E-state index in [1.54, 1.807) is 4.52 Å². The first-order chi connectivity index (χ1) is 14.0. The van der Waals surface area contributed by atoms with Gasteiger partial charge in [-0.1, -0.05) is 54.2 Å². The molecule has 2 heterocycles. The molecule has 2 aromatic heterocycles. The van der Waals surface area contributed by atoms with Crippen molar-refractivity contribution in [1.29, 1.82) is 0 Å². The molecular formula is C22H23N5OS. The molecule has 0 N–H and O–H groups in total. The first kappa shape index (κ1) is 19.4. The van der Waals surface area contributed by atoms with E-state index >= 15 is 0 Å². The smallest absolute Gasteiger partial charge is 0.233 e. The Labute approximate surface area is 174 Å². The van der Waals surface area contributed by atoms with Crippen molar-refractivity contribution < 1.29 is 4.79 Å². The summed E-state index contributed by atoms with van der Waals surface area (Å²) in [6, 6.07) is 18.0. The largest absolute Gasteiger partial charge is 0.335 e. The van der Waals surface area contributed by atoms with Crippen molar-refractivity contribution in [3.8, 4) is 0 Å². The first-order valence-corrected chi connectivity index (χ1v) is 10.6. The van der Waals surface area contributed by atoms with E-state index in [2.05, 4.69) is 10.1 Å². The third-order valence-electron chi connectivity index (χ3n) is 4.72. The molecule has 4 rings (SSSR count). The number of nitrogens with zero attached hydrogens (tertiary/aromatic N) is 5. The van der Waals surface area contributed by atoms with Crippen LogP contribution in [0.5, 0.6) is 0 Å². The molecule has 0 saturated heterocycles. The summed E-state index contributed by atoms with van der Waals surface area (Å²) in [5.41, 5.74) is 2.75. The number of rotatable bonds is 6. The summed E-state index contributed by atoms with van der Waals surface area (Å²) in [5, 5.41) is 6.12. The summed E-state index contributed by atoms with van der Waals surface area (Å²) < 4.78 is 1.74. The molecule has 2 aromatic carbocycles. The molecular weight excluding hydrogens is 382 g/mol. The number of fused-ring (bicyclic) bond motifs is 3. The first-order valence-electron chi connectivity index (χ1n) is 9.61. The Morgan fingerprint density at radius 1 is 1.07 bits per heavy atom. The molecule has 0 aliphatic carbocycles. The highest BCUT2D eigenvalue weighted by Gasteiger charge is 2.19. The fourth-order valence-electron chi connectivity index (χ4n) is 3.27. The Morgan fingerprint density at radius 3 is 2.55 bits per heavy atom. The van der Waals surface area contributed by atoms with Gasteiger partial charge in [0.15, 0.2) is 10.8 Å². The van der Waals surface area contributed by atoms with Crippen LogP contribution in [0, 0.1) is 6.92 Å². The lowest BCUT2D eigenvalue weighted by Gasteiger charge is -2.26. The second-order valence-corrected chi connectivity index (χ2v) is 8.14. The van der Waals surface area contributed by atoms with Gasteiger partial charge in [-0.05, 0) is 38.5 Å². The monoisotopic (exact) mass is 405 g/mol. The summed E-state index contributed by atoms with van der Waals surface area (Å²) >= 11 is 1.40. The summed E-state index contributed by atoms with van der Waals surface area (Å²) in [4.78, 5) is 24.2. The minimum Gasteiger partial charge on any atom is -0.335 e. The van der Waals surface area contributed by atoms with Crippen molar-refractivity contribution in [3.05, 3.63) is 66.0 Å². The van der Waals surface area contributed by atoms with Crippen LogP contribution in [0.25, 0.3) is 16.6 Å². The summed E-state index contributed by atoms with van der Waals surface area (Å²) in [6.07, 6.45) is 0. The third kappa shape index (κ3) is 4.10. The predicted molar refractivity (Wildman–Crippen MR) is 116 cm³/mol. The molecule has 0 unspecified atom stereocenters. The third-order valence-corrected chi connectivity index (χ3v) is 5.63. The number of hydrogen-bond donors (Lipinski definition) is 0. The molecule has 0 fully saturated rings. The number of aromatic nitrogens is 4. The zero-order chi connectivity index (χ0) is 20.4. The van der Waals surface area contributed by atoms with Crippen molar-refractivity contribution >= 4 is 34.2 Å². The summed E-state index contributed by atoms with van der Waals surface area (Å²) in [6.45, 7) is 6.54. The van der Waals surface area contributed by atoms with Crippen molar-refractivity contribution in [1.82, 2.24) is 24.5 Å². The maximum atomic E-state index is 13.0. The second kappa shape index (κ2) is 8.21. The number of carbonyl (C=O) groups excluding carboxylic acids is 1. The molecule has 148 valence electrons. The van der Waals surface area contributed by atoms with E-state index in [4.69, 9.17) is 4.98 Å². The molecule has 4 aromatic rings. The highest BCUT2D eigenvalue weighted by molar-refractivity contribution is 7.99. The van der Waals surface area contributed by atoms with Crippen LogP contribution in [0.4, 0.5) is 0 Å². The minimum absolute atomic E-state index is 0.0776. The fourth-order valence-corrected chi connectivity index (χ4v) is 4.11. The Hall–Kier alpha value is -2.93. The van der Waals surface area contributed by atoms with Crippen molar-refractivity contribution in [3.63, 3.8) is 0 Å². The zero-order valence-electron chi connectivity index (χ0n) is 16.7. The van der Waals surface area contributed by atoms with Crippen LogP contribution in [-0.4, -0.2) is 42.2 Å². The van der Waals surface area contributed by atoms with Gasteiger partial charge in [0.25, 0.3) is 0 Å². The average Bonchev–Trinajstić information content (AvgIpc) is 3.12. The van der Waals surface area contributed by atoms with Crippen LogP contribution in [-0.2, 0) is 11.3 Å². The maximum Gasteiger partial charge on any atom is 0.233 e. The van der Waals surface area contributed by atoms with E-state index in [-0.39, 0.29) is 11.9 Å². The molecule has 6 nitrogen and oxygen atoms in total. The number of thioether (sulfide) groups is 1. The van der Waals surface area contributed by atoms with E-state index in [0.717, 1.165) is 22.1 Å². The van der Waals surface area contributed by atoms with Gasteiger partial charge in [0.05, 0.1) is 11.3 Å². The van der Waals surface area contributed by atoms with E-state index in [1.165, 1.54) is 11.8 Å². The number of amides is 1. The van der Waals surface area contributed by atoms with Crippen LogP contribution < -0.4 is 0 Å². The number of carbonyl (C=O) groups is 1. The van der Waals surface area contributed by atoms with Crippen molar-refractivity contribution in [2.45, 2.75) is 38.5 Å². The van der Waals surface area contributed by atoms with Crippen molar-refractivity contribution in [2.24, 2.45) is 0 Å². The van der Waals surface area contributed by atoms with Gasteiger partial charge < -0.3 is 4.90 Å². The number of benzene rings is 2. The lowest BCUT2D eigenvalue weighted by Crippen LogP contribution is -2.37. The highest BCUT2D eigenvalue weighted by atomic mass is 32.2. The Kier molecular flexibility index (Phi) is 5.49. The van der Waals surface area contributed by atoms with Gasteiger partial charge in [0.1, 0.15) is 5.82 Å². The molecule has 7 heteroatoms. The van der Waals surface area contributed by atoms with Gasteiger partial charge >= 0.3 is 0 Å². The van der Waals surface area contributed by atoms with Crippen LogP contribution >= 0.6 is 11.8 Å². The predicted octanol–water partition coefficient (Wildman–Crippen LogP) is 4.12. The van der Waals surface area contributed by atoms with Gasteiger partial charge in [0, 0.05) is 18.0 Å². The molecule has 0 spiro atoms. The van der Waals surface area contributed by atoms with Gasteiger partial charge in [-0.3, -0.25) is 4.79 Å². The summed E-state index contributed by atoms with van der Waals surface area (Å²) in [7, 11) is 0. The molecule has 0 aliphatic heterocycles. The normalized spacial score (nSPS) is 11.4. The van der Waals surface area contributed by atoms with Crippen LogP contribution in [0.15, 0.2) is 59.8 Å². The van der Waals surface area contributed by atoms with E-state index < -0.39 is 0 Å². The van der Waals surface area contributed by atoms with Crippen LogP contribution in [0.1, 0.15) is 25.2 Å². The quantitative estimate of drug-likeness (QED) is 0.357. The van der Waals surface area contributed by atoms with Gasteiger partial charge in [0.2, 0.25) is 5.91 Å². The van der Waals surface area contributed by atoms with E-state index in [9.17, 15) is 4.79 Å². The topological polar surface area (TPSA) is 63.4 Å². The molecule has 0 bridgehead atoms. The van der Waals surface area contributed by atoms with Gasteiger partial charge in [-0.2, -0.15) is 4.52 Å². The van der Waals surface area contributed by atoms with Crippen LogP contribution in [0.2, 0.25) is 0 Å². The molecule has 1 amide bonds. The number of hydrogen-bond acceptors (Lipinski definition) is 5. The Balaban J connectivity index is 1.58. The average molecular weight is 406 g/mol. The number of para-hydroxylation sites is 1. The second-order valence-electron chi connectivity index (χ2n) is 7.20. The lowest BCUT2D eigenvalue weighted by atomic mass is 10.2. The Morgan fingerprint density at radius 2 is 1.79 bits per heavy atom. The highest BCUT2D eigenvalue weighted by Crippen LogP contribution is 2.24. The number of aryl methyl sites for hydroxylation is 1. The molecule has 0 aliphatic rings. The van der Waals surface area contributed by atoms with Gasteiger partial charge in [-0.25, -0.2) is 9.97 Å². The Bertz CT molecular complexity index is 1160. The SMILES string of the molecule is Cc1nc2c3ccccc3nc(SCC(=O)N(Cc3ccccc3)C(C)C)n2n1. The fraction of sp³-hybridized carbons (Fsp3) is 0.273. The van der Waals surface area contributed by atoms with E-state index in [1.807, 2.05) is 80.3 Å². The minimum atomic E-state index is 0.0776. The summed E-state index contributed by atoms with van der Waals surface area (Å²) in [5.74, 6) is 1.06. The standard InChI is InChI=1S/C22H23N5OS/c1-15(2)26(13-17-9-5-4-6-10-17)20(28)14-29-22-24-19-12-8-7-11-18(19)21-23-16(3)25-27(21)22/h4-12,15H,13-14H2,1-3H3. The molecule has 0 saturated carbocycles. The zero-order valence-corrected chi connectivity index (χ0v) is 17.6. The van der Waals surface area contributed by atoms with Gasteiger partial charge in [-0.15, -0.1) is 5.10 Å². The van der Waals surface area contributed by atoms with Crippen molar-refractivity contribution in [2.75, 3.05) is 5.75 Å². The maximum absolute atomic E-state index is 13.0. The van der Waals surface area contributed by atoms with E-state index in [0.29, 0.717) is 23.3 Å². The molecule has 0 radical (unpaired) electrons. The molecule has 0 atom stereocenters. The molecule has 29 heavy (non-hydrogen) atoms.